The lowest BCUT2D eigenvalue weighted by Gasteiger charge is -2.21. The normalized spacial score (nSPS) is 12.2. The van der Waals surface area contributed by atoms with Crippen LogP contribution >= 0.6 is 15.9 Å². The van der Waals surface area contributed by atoms with Gasteiger partial charge in [0, 0.05) is 10.4 Å². The molecule has 0 spiro atoms. The van der Waals surface area contributed by atoms with E-state index >= 15 is 0 Å². The van der Waals surface area contributed by atoms with E-state index in [9.17, 15) is 5.11 Å². The van der Waals surface area contributed by atoms with Gasteiger partial charge in [-0.1, -0.05) is 76.1 Å². The molecule has 0 radical (unpaired) electrons. The first-order chi connectivity index (χ1) is 12.5. The van der Waals surface area contributed by atoms with Crippen molar-refractivity contribution >= 4 is 15.9 Å². The molecule has 134 valence electrons. The van der Waals surface area contributed by atoms with Crippen molar-refractivity contribution < 1.29 is 5.11 Å². The first-order valence-electron chi connectivity index (χ1n) is 9.00. The Labute approximate surface area is 164 Å². The first-order valence-corrected chi connectivity index (χ1v) is 9.79. The summed E-state index contributed by atoms with van der Waals surface area (Å²) in [6.45, 7) is 6.53. The molecular weight excluding hydrogens is 384 g/mol. The Morgan fingerprint density at radius 2 is 1.62 bits per heavy atom. The van der Waals surface area contributed by atoms with Gasteiger partial charge < -0.3 is 5.11 Å². The number of hydrogen-bond acceptors (Lipinski definition) is 1. The highest BCUT2D eigenvalue weighted by Gasteiger charge is 2.18. The van der Waals surface area contributed by atoms with Crippen LogP contribution in [0.5, 0.6) is 0 Å². The molecule has 0 aliphatic heterocycles. The summed E-state index contributed by atoms with van der Waals surface area (Å²) in [5.41, 5.74) is 8.78. The number of aliphatic hydroxyl groups is 1. The highest BCUT2D eigenvalue weighted by atomic mass is 79.9. The summed E-state index contributed by atoms with van der Waals surface area (Å²) >= 11 is 3.73. The Morgan fingerprint density at radius 3 is 2.27 bits per heavy atom. The zero-order valence-corrected chi connectivity index (χ0v) is 17.2. The number of aliphatic hydroxyl groups excluding tert-OH is 1. The van der Waals surface area contributed by atoms with Crippen LogP contribution in [0.25, 0.3) is 0 Å². The molecule has 26 heavy (non-hydrogen) atoms. The standard InChI is InChI=1S/C24H25BrO/c1-16-5-4-6-21(11-16)23(13-19-8-7-17(2)18(3)12-19)22-10-9-20(15-26)14-24(22)25/h4-12,14,23,26H,13,15H2,1-3H3. The summed E-state index contributed by atoms with van der Waals surface area (Å²) in [5, 5.41) is 9.42. The second-order valence-corrected chi connectivity index (χ2v) is 7.96. The van der Waals surface area contributed by atoms with Crippen LogP contribution in [0.3, 0.4) is 0 Å². The van der Waals surface area contributed by atoms with E-state index in [1.807, 2.05) is 12.1 Å². The van der Waals surface area contributed by atoms with E-state index in [-0.39, 0.29) is 12.5 Å². The lowest BCUT2D eigenvalue weighted by molar-refractivity contribution is 0.281. The van der Waals surface area contributed by atoms with Gasteiger partial charge in [-0.25, -0.2) is 0 Å². The average Bonchev–Trinajstić information content (AvgIpc) is 2.63. The van der Waals surface area contributed by atoms with Crippen LogP contribution in [-0.4, -0.2) is 5.11 Å². The Bertz CT molecular complexity index is 914. The van der Waals surface area contributed by atoms with Crippen LogP contribution in [0, 0.1) is 20.8 Å². The van der Waals surface area contributed by atoms with Crippen molar-refractivity contribution in [3.05, 3.63) is 104 Å². The zero-order valence-electron chi connectivity index (χ0n) is 15.6. The molecule has 0 saturated carbocycles. The predicted molar refractivity (Wildman–Crippen MR) is 113 cm³/mol. The van der Waals surface area contributed by atoms with Gasteiger partial charge in [0.25, 0.3) is 0 Å². The Morgan fingerprint density at radius 1 is 0.846 bits per heavy atom. The van der Waals surface area contributed by atoms with E-state index in [4.69, 9.17) is 0 Å². The van der Waals surface area contributed by atoms with Crippen LogP contribution in [0.4, 0.5) is 0 Å². The Kier molecular flexibility index (Phi) is 5.95. The molecule has 1 unspecified atom stereocenters. The van der Waals surface area contributed by atoms with Crippen LogP contribution in [0.2, 0.25) is 0 Å². The van der Waals surface area contributed by atoms with Crippen LogP contribution in [-0.2, 0) is 13.0 Å². The zero-order chi connectivity index (χ0) is 18.7. The second kappa shape index (κ2) is 8.20. The maximum absolute atomic E-state index is 9.42. The fourth-order valence-corrected chi connectivity index (χ4v) is 4.11. The summed E-state index contributed by atoms with van der Waals surface area (Å²) in [4.78, 5) is 0. The summed E-state index contributed by atoms with van der Waals surface area (Å²) in [6, 6.07) is 21.7. The third-order valence-electron chi connectivity index (χ3n) is 5.08. The SMILES string of the molecule is Cc1cccc(C(Cc2ccc(C)c(C)c2)c2ccc(CO)cc2Br)c1. The molecule has 0 heterocycles. The minimum Gasteiger partial charge on any atom is -0.392 e. The topological polar surface area (TPSA) is 20.2 Å². The minimum absolute atomic E-state index is 0.0607. The molecule has 3 aromatic carbocycles. The van der Waals surface area contributed by atoms with Gasteiger partial charge in [-0.15, -0.1) is 0 Å². The summed E-state index contributed by atoms with van der Waals surface area (Å²) in [7, 11) is 0. The quantitative estimate of drug-likeness (QED) is 0.529. The van der Waals surface area contributed by atoms with Gasteiger partial charge in [0.2, 0.25) is 0 Å². The van der Waals surface area contributed by atoms with Crippen LogP contribution in [0.1, 0.15) is 44.9 Å². The molecule has 0 aliphatic rings. The molecule has 3 rings (SSSR count). The monoisotopic (exact) mass is 408 g/mol. The molecule has 1 nitrogen and oxygen atoms in total. The van der Waals surface area contributed by atoms with E-state index in [0.717, 1.165) is 16.5 Å². The van der Waals surface area contributed by atoms with Gasteiger partial charge in [0.1, 0.15) is 0 Å². The van der Waals surface area contributed by atoms with E-state index < -0.39 is 0 Å². The summed E-state index contributed by atoms with van der Waals surface area (Å²) in [5.74, 6) is 0.263. The van der Waals surface area contributed by atoms with Crippen LogP contribution in [0.15, 0.2) is 65.1 Å². The fraction of sp³-hybridized carbons (Fsp3) is 0.250. The van der Waals surface area contributed by atoms with Gasteiger partial charge in [0.15, 0.2) is 0 Å². The van der Waals surface area contributed by atoms with E-state index in [0.29, 0.717) is 0 Å². The number of rotatable bonds is 5. The number of aryl methyl sites for hydroxylation is 3. The third-order valence-corrected chi connectivity index (χ3v) is 5.77. The lowest BCUT2D eigenvalue weighted by Crippen LogP contribution is -2.07. The number of halogens is 1. The molecular formula is C24H25BrO. The van der Waals surface area contributed by atoms with Gasteiger partial charge in [-0.2, -0.15) is 0 Å². The molecule has 0 bridgehead atoms. The highest BCUT2D eigenvalue weighted by Crippen LogP contribution is 2.34. The summed E-state index contributed by atoms with van der Waals surface area (Å²) < 4.78 is 1.05. The van der Waals surface area contributed by atoms with Crippen molar-refractivity contribution in [1.29, 1.82) is 0 Å². The van der Waals surface area contributed by atoms with Crippen molar-refractivity contribution in [2.75, 3.05) is 0 Å². The van der Waals surface area contributed by atoms with Crippen molar-refractivity contribution in [3.63, 3.8) is 0 Å². The van der Waals surface area contributed by atoms with Gasteiger partial charge in [0.05, 0.1) is 6.61 Å². The van der Waals surface area contributed by atoms with Crippen LogP contribution < -0.4 is 0 Å². The molecule has 0 fully saturated rings. The predicted octanol–water partition coefficient (Wildman–Crippen LogP) is 6.24. The maximum atomic E-state index is 9.42. The minimum atomic E-state index is 0.0607. The van der Waals surface area contributed by atoms with Crippen molar-refractivity contribution in [2.24, 2.45) is 0 Å². The third kappa shape index (κ3) is 4.25. The molecule has 0 aliphatic carbocycles. The maximum Gasteiger partial charge on any atom is 0.0682 e. The second-order valence-electron chi connectivity index (χ2n) is 7.10. The Balaban J connectivity index is 2.05. The number of hydrogen-bond donors (Lipinski definition) is 1. The van der Waals surface area contributed by atoms with E-state index in [1.165, 1.54) is 33.4 Å². The van der Waals surface area contributed by atoms with Gasteiger partial charge in [-0.05, 0) is 66.6 Å². The van der Waals surface area contributed by atoms with Gasteiger partial charge >= 0.3 is 0 Å². The first kappa shape index (κ1) is 18.9. The van der Waals surface area contributed by atoms with Crippen molar-refractivity contribution in [2.45, 2.75) is 39.7 Å². The van der Waals surface area contributed by atoms with Crippen molar-refractivity contribution in [1.82, 2.24) is 0 Å². The summed E-state index contributed by atoms with van der Waals surface area (Å²) in [6.07, 6.45) is 0.946. The van der Waals surface area contributed by atoms with E-state index in [2.05, 4.69) is 85.2 Å². The molecule has 0 amide bonds. The molecule has 0 saturated heterocycles. The molecule has 1 N–H and O–H groups in total. The average molecular weight is 409 g/mol. The molecule has 2 heteroatoms. The Hall–Kier alpha value is -1.90. The molecule has 1 atom stereocenters. The van der Waals surface area contributed by atoms with Gasteiger partial charge in [-0.3, -0.25) is 0 Å². The lowest BCUT2D eigenvalue weighted by atomic mass is 9.84. The van der Waals surface area contributed by atoms with E-state index in [1.54, 1.807) is 0 Å². The number of benzene rings is 3. The smallest absolute Gasteiger partial charge is 0.0682 e. The largest absolute Gasteiger partial charge is 0.392 e. The van der Waals surface area contributed by atoms with Crippen molar-refractivity contribution in [3.8, 4) is 0 Å². The molecule has 0 aromatic heterocycles. The fourth-order valence-electron chi connectivity index (χ4n) is 3.41. The molecule has 3 aromatic rings. The highest BCUT2D eigenvalue weighted by molar-refractivity contribution is 9.10.